The minimum atomic E-state index is -0.249. The molecule has 1 aromatic carbocycles. The molecule has 5 nitrogen and oxygen atoms in total. The first-order valence-electron chi connectivity index (χ1n) is 9.44. The summed E-state index contributed by atoms with van der Waals surface area (Å²) in [5.74, 6) is 0.537. The Hall–Kier alpha value is -2.47. The molecule has 0 spiro atoms. The lowest BCUT2D eigenvalue weighted by Crippen LogP contribution is -2.32. The predicted molar refractivity (Wildman–Crippen MR) is 114 cm³/mol. The number of rotatable bonds is 6. The van der Waals surface area contributed by atoms with Crippen LogP contribution in [0.3, 0.4) is 0 Å². The number of amides is 2. The molecule has 0 bridgehead atoms. The first kappa shape index (κ1) is 20.3. The Morgan fingerprint density at radius 1 is 1.11 bits per heavy atom. The monoisotopic (exact) mass is 398 g/mol. The second-order valence-electron chi connectivity index (χ2n) is 7.02. The fourth-order valence-electron chi connectivity index (χ4n) is 3.40. The number of hydrogen-bond acceptors (Lipinski definition) is 4. The standard InChI is InChI=1S/C22H26N2O3S/c1-6-23-16(4)12-18(17(23)5)13-20-21(25)24(22(26)28-20)9-10-27-19-11-14(2)7-8-15(19)3/h7-8,11-13H,6,9-10H2,1-5H3/b20-13-. The van der Waals surface area contributed by atoms with Gasteiger partial charge >= 0.3 is 0 Å². The van der Waals surface area contributed by atoms with E-state index in [9.17, 15) is 9.59 Å². The van der Waals surface area contributed by atoms with Gasteiger partial charge in [0.25, 0.3) is 11.1 Å². The Morgan fingerprint density at radius 2 is 1.86 bits per heavy atom. The molecule has 3 rings (SSSR count). The molecule has 0 radical (unpaired) electrons. The van der Waals surface area contributed by atoms with E-state index in [4.69, 9.17) is 4.74 Å². The number of aryl methyl sites for hydroxylation is 3. The van der Waals surface area contributed by atoms with E-state index in [-0.39, 0.29) is 24.3 Å². The molecule has 0 saturated carbocycles. The van der Waals surface area contributed by atoms with Gasteiger partial charge in [0.05, 0.1) is 11.4 Å². The van der Waals surface area contributed by atoms with E-state index >= 15 is 0 Å². The summed E-state index contributed by atoms with van der Waals surface area (Å²) in [4.78, 5) is 26.8. The molecule has 2 aromatic rings. The van der Waals surface area contributed by atoms with Crippen LogP contribution in [0.1, 0.15) is 35.0 Å². The third-order valence-corrected chi connectivity index (χ3v) is 5.91. The number of hydrogen-bond donors (Lipinski definition) is 0. The lowest BCUT2D eigenvalue weighted by molar-refractivity contribution is -0.123. The predicted octanol–water partition coefficient (Wildman–Crippen LogP) is 4.86. The van der Waals surface area contributed by atoms with Crippen LogP contribution in [0, 0.1) is 27.7 Å². The quantitative estimate of drug-likeness (QED) is 0.652. The Balaban J connectivity index is 1.69. The van der Waals surface area contributed by atoms with Crippen LogP contribution in [0.4, 0.5) is 4.79 Å². The maximum Gasteiger partial charge on any atom is 0.293 e. The zero-order valence-corrected chi connectivity index (χ0v) is 17.9. The van der Waals surface area contributed by atoms with E-state index in [1.807, 2.05) is 52.0 Å². The number of benzene rings is 1. The Kier molecular flexibility index (Phi) is 5.98. The van der Waals surface area contributed by atoms with E-state index in [1.54, 1.807) is 0 Å². The van der Waals surface area contributed by atoms with Gasteiger partial charge in [-0.1, -0.05) is 12.1 Å². The summed E-state index contributed by atoms with van der Waals surface area (Å²) in [6, 6.07) is 8.04. The van der Waals surface area contributed by atoms with Crippen LogP contribution in [0.25, 0.3) is 6.08 Å². The molecule has 2 heterocycles. The summed E-state index contributed by atoms with van der Waals surface area (Å²) < 4.78 is 7.99. The number of carbonyl (C=O) groups excluding carboxylic acids is 2. The maximum atomic E-state index is 12.7. The molecule has 0 unspecified atom stereocenters. The number of aromatic nitrogens is 1. The fourth-order valence-corrected chi connectivity index (χ4v) is 4.26. The van der Waals surface area contributed by atoms with E-state index in [1.165, 1.54) is 4.90 Å². The second-order valence-corrected chi connectivity index (χ2v) is 8.01. The van der Waals surface area contributed by atoms with Gasteiger partial charge in [-0.15, -0.1) is 0 Å². The highest BCUT2D eigenvalue weighted by Gasteiger charge is 2.35. The molecule has 0 aliphatic carbocycles. The van der Waals surface area contributed by atoms with Gasteiger partial charge in [0.2, 0.25) is 0 Å². The number of imide groups is 1. The smallest absolute Gasteiger partial charge is 0.293 e. The molecule has 1 aliphatic heterocycles. The zero-order valence-electron chi connectivity index (χ0n) is 17.0. The van der Waals surface area contributed by atoms with Gasteiger partial charge in [-0.3, -0.25) is 14.5 Å². The lowest BCUT2D eigenvalue weighted by Gasteiger charge is -2.14. The van der Waals surface area contributed by atoms with Gasteiger partial charge in [0.15, 0.2) is 0 Å². The first-order chi connectivity index (χ1) is 13.3. The summed E-state index contributed by atoms with van der Waals surface area (Å²) in [6.07, 6.45) is 1.82. The van der Waals surface area contributed by atoms with E-state index < -0.39 is 0 Å². The Bertz CT molecular complexity index is 959. The van der Waals surface area contributed by atoms with Gasteiger partial charge in [0.1, 0.15) is 12.4 Å². The molecule has 28 heavy (non-hydrogen) atoms. The van der Waals surface area contributed by atoms with Crippen molar-refractivity contribution in [2.24, 2.45) is 0 Å². The van der Waals surface area contributed by atoms with Gasteiger partial charge in [-0.25, -0.2) is 0 Å². The average Bonchev–Trinajstić information content (AvgIpc) is 3.07. The highest BCUT2D eigenvalue weighted by molar-refractivity contribution is 8.18. The highest BCUT2D eigenvalue weighted by atomic mass is 32.2. The van der Waals surface area contributed by atoms with Gasteiger partial charge in [-0.2, -0.15) is 0 Å². The minimum Gasteiger partial charge on any atom is -0.491 e. The molecule has 1 aliphatic rings. The number of carbonyl (C=O) groups is 2. The van der Waals surface area contributed by atoms with Gasteiger partial charge in [-0.05, 0) is 81.3 Å². The van der Waals surface area contributed by atoms with E-state index in [0.29, 0.717) is 4.91 Å². The van der Waals surface area contributed by atoms with Gasteiger partial charge in [0, 0.05) is 17.9 Å². The molecular weight excluding hydrogens is 372 g/mol. The summed E-state index contributed by atoms with van der Waals surface area (Å²) in [5.41, 5.74) is 5.37. The topological polar surface area (TPSA) is 51.5 Å². The van der Waals surface area contributed by atoms with Crippen molar-refractivity contribution in [2.45, 2.75) is 41.2 Å². The van der Waals surface area contributed by atoms with Crippen molar-refractivity contribution in [1.82, 2.24) is 9.47 Å². The van der Waals surface area contributed by atoms with Crippen molar-refractivity contribution >= 4 is 29.0 Å². The summed E-state index contributed by atoms with van der Waals surface area (Å²) in [5, 5.41) is -0.245. The van der Waals surface area contributed by atoms with Crippen molar-refractivity contribution in [2.75, 3.05) is 13.2 Å². The Morgan fingerprint density at radius 3 is 2.54 bits per heavy atom. The molecule has 148 valence electrons. The van der Waals surface area contributed by atoms with Crippen LogP contribution >= 0.6 is 11.8 Å². The third-order valence-electron chi connectivity index (χ3n) is 5.01. The first-order valence-corrected chi connectivity index (χ1v) is 10.3. The average molecular weight is 399 g/mol. The van der Waals surface area contributed by atoms with Crippen molar-refractivity contribution in [3.8, 4) is 5.75 Å². The number of nitrogens with zero attached hydrogens (tertiary/aromatic N) is 2. The summed E-state index contributed by atoms with van der Waals surface area (Å²) >= 11 is 0.994. The summed E-state index contributed by atoms with van der Waals surface area (Å²) in [7, 11) is 0. The van der Waals surface area contributed by atoms with Crippen LogP contribution in [-0.2, 0) is 11.3 Å². The van der Waals surface area contributed by atoms with E-state index in [0.717, 1.165) is 52.1 Å². The molecular formula is C22H26N2O3S. The van der Waals surface area contributed by atoms with Crippen LogP contribution < -0.4 is 4.74 Å². The van der Waals surface area contributed by atoms with Crippen molar-refractivity contribution in [1.29, 1.82) is 0 Å². The molecule has 6 heteroatoms. The minimum absolute atomic E-state index is 0.239. The molecule has 1 aromatic heterocycles. The second kappa shape index (κ2) is 8.27. The third kappa shape index (κ3) is 4.02. The van der Waals surface area contributed by atoms with Crippen LogP contribution in [-0.4, -0.2) is 33.8 Å². The fraction of sp³-hybridized carbons (Fsp3) is 0.364. The summed E-state index contributed by atoms with van der Waals surface area (Å²) in [6.45, 7) is 11.5. The van der Waals surface area contributed by atoms with E-state index in [2.05, 4.69) is 17.6 Å². The normalized spacial score (nSPS) is 15.8. The highest BCUT2D eigenvalue weighted by Crippen LogP contribution is 2.33. The molecule has 0 atom stereocenters. The number of thioether (sulfide) groups is 1. The van der Waals surface area contributed by atoms with Gasteiger partial charge < -0.3 is 9.30 Å². The van der Waals surface area contributed by atoms with Crippen molar-refractivity contribution < 1.29 is 14.3 Å². The van der Waals surface area contributed by atoms with Crippen molar-refractivity contribution in [3.63, 3.8) is 0 Å². The molecule has 2 amide bonds. The lowest BCUT2D eigenvalue weighted by atomic mass is 10.1. The largest absolute Gasteiger partial charge is 0.491 e. The van der Waals surface area contributed by atoms with Crippen LogP contribution in [0.15, 0.2) is 29.2 Å². The van der Waals surface area contributed by atoms with Crippen LogP contribution in [0.5, 0.6) is 5.75 Å². The molecule has 1 saturated heterocycles. The Labute approximate surface area is 170 Å². The zero-order chi connectivity index (χ0) is 20.4. The van der Waals surface area contributed by atoms with Crippen LogP contribution in [0.2, 0.25) is 0 Å². The molecule has 0 N–H and O–H groups in total. The SMILES string of the molecule is CCn1c(C)cc(/C=C2\SC(=O)N(CCOc3cc(C)ccc3C)C2=O)c1C. The number of ether oxygens (including phenoxy) is 1. The maximum absolute atomic E-state index is 12.7. The molecule has 1 fully saturated rings. The van der Waals surface area contributed by atoms with Crippen molar-refractivity contribution in [3.05, 3.63) is 57.2 Å².